The van der Waals surface area contributed by atoms with Crippen LogP contribution in [0.1, 0.15) is 22.5 Å². The number of carbonyl (C=O) groups is 1. The van der Waals surface area contributed by atoms with E-state index in [1.807, 2.05) is 14.1 Å². The van der Waals surface area contributed by atoms with Gasteiger partial charge in [0.2, 0.25) is 0 Å². The van der Waals surface area contributed by atoms with Crippen LogP contribution >= 0.6 is 0 Å². The highest BCUT2D eigenvalue weighted by atomic mass is 19.1. The summed E-state index contributed by atoms with van der Waals surface area (Å²) in [6.07, 6.45) is 3.75. The molecule has 1 aromatic heterocycles. The molecule has 0 radical (unpaired) electrons. The van der Waals surface area contributed by atoms with Crippen molar-refractivity contribution in [2.75, 3.05) is 32.5 Å². The van der Waals surface area contributed by atoms with E-state index < -0.39 is 0 Å². The smallest absolute Gasteiger partial charge is 0.271 e. The van der Waals surface area contributed by atoms with E-state index in [2.05, 4.69) is 25.5 Å². The summed E-state index contributed by atoms with van der Waals surface area (Å²) in [6.45, 7) is 1.80. The molecule has 0 atom stereocenters. The van der Waals surface area contributed by atoms with Crippen LogP contribution in [0.3, 0.4) is 0 Å². The van der Waals surface area contributed by atoms with Crippen LogP contribution in [-0.2, 0) is 6.54 Å². The van der Waals surface area contributed by atoms with Gasteiger partial charge in [0.15, 0.2) is 0 Å². The monoisotopic (exact) mass is 331 g/mol. The van der Waals surface area contributed by atoms with E-state index in [1.54, 1.807) is 18.2 Å². The Kier molecular flexibility index (Phi) is 6.62. The van der Waals surface area contributed by atoms with Crippen LogP contribution < -0.4 is 10.6 Å². The molecule has 1 aromatic carbocycles. The van der Waals surface area contributed by atoms with Crippen molar-refractivity contribution in [1.82, 2.24) is 20.2 Å². The summed E-state index contributed by atoms with van der Waals surface area (Å²) in [4.78, 5) is 22.2. The fraction of sp³-hybridized carbons (Fsp3) is 0.353. The van der Waals surface area contributed by atoms with Gasteiger partial charge in [0.25, 0.3) is 5.91 Å². The van der Waals surface area contributed by atoms with Crippen molar-refractivity contribution in [2.24, 2.45) is 0 Å². The summed E-state index contributed by atoms with van der Waals surface area (Å²) in [5.74, 6) is -0.0315. The fourth-order valence-electron chi connectivity index (χ4n) is 2.05. The van der Waals surface area contributed by atoms with Crippen LogP contribution in [0.5, 0.6) is 0 Å². The molecule has 0 saturated carbocycles. The van der Waals surface area contributed by atoms with E-state index in [1.165, 1.54) is 18.5 Å². The van der Waals surface area contributed by atoms with Crippen LogP contribution in [-0.4, -0.2) is 48.0 Å². The van der Waals surface area contributed by atoms with Gasteiger partial charge in [-0.25, -0.2) is 14.4 Å². The van der Waals surface area contributed by atoms with Gasteiger partial charge in [0.05, 0.1) is 12.4 Å². The van der Waals surface area contributed by atoms with E-state index >= 15 is 0 Å². The Hall–Kier alpha value is -2.54. The number of benzene rings is 1. The number of carbonyl (C=O) groups excluding carboxylic acids is 1. The van der Waals surface area contributed by atoms with Gasteiger partial charge in [-0.1, -0.05) is 18.2 Å². The Morgan fingerprint density at radius 3 is 2.67 bits per heavy atom. The normalized spacial score (nSPS) is 10.7. The molecule has 2 aromatic rings. The number of rotatable bonds is 8. The maximum atomic E-state index is 13.5. The topological polar surface area (TPSA) is 70.2 Å². The Bertz CT molecular complexity index is 660. The minimum absolute atomic E-state index is 0.248. The third kappa shape index (κ3) is 5.58. The molecule has 128 valence electrons. The molecule has 6 nitrogen and oxygen atoms in total. The minimum atomic E-state index is -0.272. The van der Waals surface area contributed by atoms with Crippen LogP contribution in [0, 0.1) is 5.82 Å². The molecule has 0 unspecified atom stereocenters. The number of amides is 1. The predicted octanol–water partition coefficient (Wildman–Crippen LogP) is 1.91. The average molecular weight is 331 g/mol. The highest BCUT2D eigenvalue weighted by Gasteiger charge is 2.08. The standard InChI is InChI=1S/C17H22FN5O/c1-23(2)9-5-8-19-17(24)15-11-22-16(12-20-15)21-10-13-6-3-4-7-14(13)18/h3-4,6-7,11-12H,5,8-10H2,1-2H3,(H,19,24)(H,21,22). The van der Waals surface area contributed by atoms with Gasteiger partial charge in [-0.2, -0.15) is 0 Å². The van der Waals surface area contributed by atoms with E-state index in [4.69, 9.17) is 0 Å². The lowest BCUT2D eigenvalue weighted by molar-refractivity contribution is 0.0947. The lowest BCUT2D eigenvalue weighted by atomic mass is 10.2. The fourth-order valence-corrected chi connectivity index (χ4v) is 2.05. The van der Waals surface area contributed by atoms with E-state index in [0.29, 0.717) is 24.5 Å². The summed E-state index contributed by atoms with van der Waals surface area (Å²) in [5.41, 5.74) is 0.804. The van der Waals surface area contributed by atoms with Gasteiger partial charge in [-0.3, -0.25) is 4.79 Å². The van der Waals surface area contributed by atoms with E-state index in [-0.39, 0.29) is 17.4 Å². The summed E-state index contributed by atoms with van der Waals surface area (Å²) < 4.78 is 13.5. The largest absolute Gasteiger partial charge is 0.365 e. The molecule has 1 heterocycles. The number of nitrogens with zero attached hydrogens (tertiary/aromatic N) is 3. The molecule has 24 heavy (non-hydrogen) atoms. The third-order valence-corrected chi connectivity index (χ3v) is 3.37. The molecule has 2 rings (SSSR count). The van der Waals surface area contributed by atoms with Crippen LogP contribution in [0.25, 0.3) is 0 Å². The van der Waals surface area contributed by atoms with Crippen molar-refractivity contribution >= 4 is 11.7 Å². The van der Waals surface area contributed by atoms with Crippen molar-refractivity contribution in [1.29, 1.82) is 0 Å². The zero-order valence-electron chi connectivity index (χ0n) is 13.9. The number of hydrogen-bond acceptors (Lipinski definition) is 5. The first-order chi connectivity index (χ1) is 11.6. The van der Waals surface area contributed by atoms with Crippen LogP contribution in [0.15, 0.2) is 36.7 Å². The maximum Gasteiger partial charge on any atom is 0.271 e. The summed E-state index contributed by atoms with van der Waals surface area (Å²) in [5, 5.41) is 5.78. The molecule has 2 N–H and O–H groups in total. The molecule has 0 fully saturated rings. The minimum Gasteiger partial charge on any atom is -0.365 e. The third-order valence-electron chi connectivity index (χ3n) is 3.37. The maximum absolute atomic E-state index is 13.5. The summed E-state index contributed by atoms with van der Waals surface area (Å²) in [7, 11) is 3.97. The summed E-state index contributed by atoms with van der Waals surface area (Å²) in [6, 6.07) is 6.53. The Labute approximate surface area is 141 Å². The first-order valence-electron chi connectivity index (χ1n) is 7.78. The van der Waals surface area contributed by atoms with Gasteiger partial charge in [-0.15, -0.1) is 0 Å². The molecular weight excluding hydrogens is 309 g/mol. The van der Waals surface area contributed by atoms with Gasteiger partial charge in [-0.05, 0) is 33.1 Å². The second-order valence-electron chi connectivity index (χ2n) is 5.64. The molecular formula is C17H22FN5O. The molecule has 0 aliphatic rings. The number of halogens is 1. The zero-order valence-corrected chi connectivity index (χ0v) is 13.9. The van der Waals surface area contributed by atoms with Crippen molar-refractivity contribution in [3.05, 3.63) is 53.7 Å². The lowest BCUT2D eigenvalue weighted by Gasteiger charge is -2.10. The van der Waals surface area contributed by atoms with Gasteiger partial charge < -0.3 is 15.5 Å². The zero-order chi connectivity index (χ0) is 17.4. The van der Waals surface area contributed by atoms with Gasteiger partial charge in [0.1, 0.15) is 17.3 Å². The molecule has 0 aliphatic carbocycles. The van der Waals surface area contributed by atoms with Crippen molar-refractivity contribution in [3.8, 4) is 0 Å². The molecule has 1 amide bonds. The first kappa shape index (κ1) is 17.8. The molecule has 7 heteroatoms. The number of anilines is 1. The molecule has 0 bridgehead atoms. The highest BCUT2D eigenvalue weighted by Crippen LogP contribution is 2.09. The van der Waals surface area contributed by atoms with E-state index in [0.717, 1.165) is 13.0 Å². The van der Waals surface area contributed by atoms with Crippen LogP contribution in [0.4, 0.5) is 10.2 Å². The Morgan fingerprint density at radius 1 is 1.21 bits per heavy atom. The first-order valence-corrected chi connectivity index (χ1v) is 7.78. The second-order valence-corrected chi connectivity index (χ2v) is 5.64. The quantitative estimate of drug-likeness (QED) is 0.723. The number of hydrogen-bond donors (Lipinski definition) is 2. The highest BCUT2D eigenvalue weighted by molar-refractivity contribution is 5.91. The van der Waals surface area contributed by atoms with Crippen molar-refractivity contribution < 1.29 is 9.18 Å². The predicted molar refractivity (Wildman–Crippen MR) is 91.3 cm³/mol. The number of nitrogens with one attached hydrogen (secondary N) is 2. The Balaban J connectivity index is 1.82. The van der Waals surface area contributed by atoms with Crippen molar-refractivity contribution in [2.45, 2.75) is 13.0 Å². The van der Waals surface area contributed by atoms with Crippen molar-refractivity contribution in [3.63, 3.8) is 0 Å². The Morgan fingerprint density at radius 2 is 2.00 bits per heavy atom. The second kappa shape index (κ2) is 8.93. The lowest BCUT2D eigenvalue weighted by Crippen LogP contribution is -2.27. The SMILES string of the molecule is CN(C)CCCNC(=O)c1cnc(NCc2ccccc2F)cn1. The molecule has 0 aliphatic heterocycles. The molecule has 0 spiro atoms. The molecule has 0 saturated heterocycles. The average Bonchev–Trinajstić information content (AvgIpc) is 2.58. The van der Waals surface area contributed by atoms with Crippen LogP contribution in [0.2, 0.25) is 0 Å². The summed E-state index contributed by atoms with van der Waals surface area (Å²) >= 11 is 0. The van der Waals surface area contributed by atoms with Gasteiger partial charge in [0, 0.05) is 18.7 Å². The van der Waals surface area contributed by atoms with Gasteiger partial charge >= 0.3 is 0 Å². The number of aromatic nitrogens is 2. The van der Waals surface area contributed by atoms with E-state index in [9.17, 15) is 9.18 Å².